The number of rotatable bonds is 4. The Morgan fingerprint density at radius 2 is 2.22 bits per heavy atom. The molecule has 0 spiro atoms. The minimum Gasteiger partial charge on any atom is -0.329 e. The number of halogens is 1. The second-order valence-corrected chi connectivity index (χ2v) is 6.59. The van der Waals surface area contributed by atoms with Crippen molar-refractivity contribution in [1.82, 2.24) is 14.9 Å². The first-order valence-electron chi connectivity index (χ1n) is 7.60. The van der Waals surface area contributed by atoms with E-state index in [1.807, 2.05) is 17.8 Å². The molecule has 0 aliphatic carbocycles. The minimum atomic E-state index is -0.366. The molecule has 5 nitrogen and oxygen atoms in total. The van der Waals surface area contributed by atoms with Crippen molar-refractivity contribution >= 4 is 23.4 Å². The number of aromatic nitrogens is 2. The standard InChI is InChI=1S/C16H19FN4OS/c1-21-9-8-19-16(21)23-14-3-2-12(17)10-13(14)20-15(22)11-4-6-18-7-5-11/h2-3,8-11,18H,4-7H2,1H3,(H,20,22). The lowest BCUT2D eigenvalue weighted by Crippen LogP contribution is -2.34. The molecular weight excluding hydrogens is 315 g/mol. The van der Waals surface area contributed by atoms with E-state index >= 15 is 0 Å². The summed E-state index contributed by atoms with van der Waals surface area (Å²) >= 11 is 1.40. The maximum absolute atomic E-state index is 13.6. The van der Waals surface area contributed by atoms with Crippen molar-refractivity contribution < 1.29 is 9.18 Å². The van der Waals surface area contributed by atoms with Crippen LogP contribution in [0.25, 0.3) is 0 Å². The average molecular weight is 334 g/mol. The molecule has 3 rings (SSSR count). The number of benzene rings is 1. The smallest absolute Gasteiger partial charge is 0.227 e. The van der Waals surface area contributed by atoms with Crippen LogP contribution in [-0.2, 0) is 11.8 Å². The average Bonchev–Trinajstić information content (AvgIpc) is 2.96. The number of carbonyl (C=O) groups is 1. The monoisotopic (exact) mass is 334 g/mol. The fourth-order valence-corrected chi connectivity index (χ4v) is 3.43. The predicted molar refractivity (Wildman–Crippen MR) is 88.0 cm³/mol. The van der Waals surface area contributed by atoms with E-state index in [1.165, 1.54) is 23.9 Å². The highest BCUT2D eigenvalue weighted by Crippen LogP contribution is 2.33. The number of aryl methyl sites for hydroxylation is 1. The summed E-state index contributed by atoms with van der Waals surface area (Å²) in [5, 5.41) is 6.91. The number of hydrogen-bond acceptors (Lipinski definition) is 4. The second-order valence-electron chi connectivity index (χ2n) is 5.58. The van der Waals surface area contributed by atoms with Crippen LogP contribution in [0.2, 0.25) is 0 Å². The number of amides is 1. The lowest BCUT2D eigenvalue weighted by Gasteiger charge is -2.22. The molecule has 0 radical (unpaired) electrons. The van der Waals surface area contributed by atoms with Gasteiger partial charge in [-0.15, -0.1) is 0 Å². The zero-order valence-corrected chi connectivity index (χ0v) is 13.7. The zero-order chi connectivity index (χ0) is 16.2. The Morgan fingerprint density at radius 3 is 2.91 bits per heavy atom. The molecule has 2 heterocycles. The van der Waals surface area contributed by atoms with Crippen LogP contribution in [0.15, 0.2) is 40.6 Å². The summed E-state index contributed by atoms with van der Waals surface area (Å²) in [6, 6.07) is 4.43. The molecule has 1 saturated heterocycles. The van der Waals surface area contributed by atoms with Crippen molar-refractivity contribution in [2.24, 2.45) is 13.0 Å². The van der Waals surface area contributed by atoms with Gasteiger partial charge >= 0.3 is 0 Å². The Bertz CT molecular complexity index is 697. The number of imidazole rings is 1. The minimum absolute atomic E-state index is 0.0227. The zero-order valence-electron chi connectivity index (χ0n) is 12.9. The number of carbonyl (C=O) groups excluding carboxylic acids is 1. The van der Waals surface area contributed by atoms with Crippen LogP contribution >= 0.6 is 11.8 Å². The Balaban J connectivity index is 1.78. The van der Waals surface area contributed by atoms with Gasteiger partial charge in [-0.2, -0.15) is 0 Å². The lowest BCUT2D eigenvalue weighted by molar-refractivity contribution is -0.120. The van der Waals surface area contributed by atoms with E-state index in [0.717, 1.165) is 36.0 Å². The van der Waals surface area contributed by atoms with E-state index in [-0.39, 0.29) is 17.6 Å². The molecule has 2 N–H and O–H groups in total. The van der Waals surface area contributed by atoms with Gasteiger partial charge in [0.1, 0.15) is 5.82 Å². The number of anilines is 1. The molecule has 0 unspecified atom stereocenters. The van der Waals surface area contributed by atoms with Gasteiger partial charge in [0.2, 0.25) is 5.91 Å². The lowest BCUT2D eigenvalue weighted by atomic mass is 9.97. The molecule has 1 aliphatic heterocycles. The van der Waals surface area contributed by atoms with Gasteiger partial charge in [0.05, 0.1) is 5.69 Å². The SMILES string of the molecule is Cn1ccnc1Sc1ccc(F)cc1NC(=O)C1CCNCC1. The summed E-state index contributed by atoms with van der Waals surface area (Å²) in [4.78, 5) is 17.4. The molecule has 23 heavy (non-hydrogen) atoms. The quantitative estimate of drug-likeness (QED) is 0.902. The molecular formula is C16H19FN4OS. The molecule has 0 atom stereocenters. The van der Waals surface area contributed by atoms with E-state index in [1.54, 1.807) is 12.3 Å². The van der Waals surface area contributed by atoms with Crippen LogP contribution < -0.4 is 10.6 Å². The van der Waals surface area contributed by atoms with Crippen molar-refractivity contribution in [1.29, 1.82) is 0 Å². The number of piperidine rings is 1. The highest BCUT2D eigenvalue weighted by molar-refractivity contribution is 7.99. The molecule has 2 aromatic rings. The van der Waals surface area contributed by atoms with Crippen LogP contribution in [-0.4, -0.2) is 28.5 Å². The van der Waals surface area contributed by atoms with E-state index in [0.29, 0.717) is 5.69 Å². The highest BCUT2D eigenvalue weighted by Gasteiger charge is 2.22. The maximum Gasteiger partial charge on any atom is 0.227 e. The van der Waals surface area contributed by atoms with Gasteiger partial charge in [0.15, 0.2) is 5.16 Å². The van der Waals surface area contributed by atoms with Crippen molar-refractivity contribution in [2.45, 2.75) is 22.9 Å². The predicted octanol–water partition coefficient (Wildman–Crippen LogP) is 2.65. The first kappa shape index (κ1) is 16.0. The van der Waals surface area contributed by atoms with Gasteiger partial charge in [-0.3, -0.25) is 4.79 Å². The summed E-state index contributed by atoms with van der Waals surface area (Å²) in [7, 11) is 1.89. The third kappa shape index (κ3) is 3.92. The highest BCUT2D eigenvalue weighted by atomic mass is 32.2. The fourth-order valence-electron chi connectivity index (χ4n) is 2.56. The Labute approximate surface area is 138 Å². The number of nitrogens with zero attached hydrogens (tertiary/aromatic N) is 2. The molecule has 1 aromatic heterocycles. The van der Waals surface area contributed by atoms with Crippen LogP contribution in [0.5, 0.6) is 0 Å². The summed E-state index contributed by atoms with van der Waals surface area (Å²) in [5.74, 6) is -0.431. The third-order valence-electron chi connectivity index (χ3n) is 3.89. The molecule has 0 saturated carbocycles. The number of nitrogens with one attached hydrogen (secondary N) is 2. The van der Waals surface area contributed by atoms with Crippen LogP contribution in [0.4, 0.5) is 10.1 Å². The number of hydrogen-bond donors (Lipinski definition) is 2. The van der Waals surface area contributed by atoms with E-state index in [9.17, 15) is 9.18 Å². The van der Waals surface area contributed by atoms with Gasteiger partial charge in [-0.1, -0.05) is 0 Å². The Morgan fingerprint density at radius 1 is 1.43 bits per heavy atom. The van der Waals surface area contributed by atoms with E-state index in [2.05, 4.69) is 15.6 Å². The fraction of sp³-hybridized carbons (Fsp3) is 0.375. The van der Waals surface area contributed by atoms with Crippen molar-refractivity contribution in [3.05, 3.63) is 36.4 Å². The van der Waals surface area contributed by atoms with Gasteiger partial charge in [0.25, 0.3) is 0 Å². The maximum atomic E-state index is 13.6. The van der Waals surface area contributed by atoms with E-state index in [4.69, 9.17) is 0 Å². The summed E-state index contributed by atoms with van der Waals surface area (Å²) in [6.07, 6.45) is 5.17. The normalized spacial score (nSPS) is 15.6. The largest absolute Gasteiger partial charge is 0.329 e. The summed E-state index contributed by atoms with van der Waals surface area (Å²) in [5.41, 5.74) is 0.501. The van der Waals surface area contributed by atoms with E-state index < -0.39 is 0 Å². The Hall–Kier alpha value is -1.86. The van der Waals surface area contributed by atoms with Crippen molar-refractivity contribution in [2.75, 3.05) is 18.4 Å². The third-order valence-corrected chi connectivity index (χ3v) is 5.04. The molecule has 7 heteroatoms. The van der Waals surface area contributed by atoms with Gasteiger partial charge in [-0.05, 0) is 55.9 Å². The molecule has 122 valence electrons. The summed E-state index contributed by atoms with van der Waals surface area (Å²) < 4.78 is 15.5. The topological polar surface area (TPSA) is 59.0 Å². The molecule has 1 aromatic carbocycles. The molecule has 1 fully saturated rings. The Kier molecular flexibility index (Phi) is 4.97. The van der Waals surface area contributed by atoms with Crippen molar-refractivity contribution in [3.63, 3.8) is 0 Å². The first-order valence-corrected chi connectivity index (χ1v) is 8.41. The second kappa shape index (κ2) is 7.14. The van der Waals surface area contributed by atoms with Crippen LogP contribution in [0, 0.1) is 11.7 Å². The van der Waals surface area contributed by atoms with Gasteiger partial charge in [-0.25, -0.2) is 9.37 Å². The summed E-state index contributed by atoms with van der Waals surface area (Å²) in [6.45, 7) is 1.69. The molecule has 1 amide bonds. The van der Waals surface area contributed by atoms with Crippen LogP contribution in [0.1, 0.15) is 12.8 Å². The molecule has 1 aliphatic rings. The van der Waals surface area contributed by atoms with Crippen LogP contribution in [0.3, 0.4) is 0 Å². The molecule has 0 bridgehead atoms. The first-order chi connectivity index (χ1) is 11.1. The van der Waals surface area contributed by atoms with Gasteiger partial charge in [0, 0.05) is 30.3 Å². The van der Waals surface area contributed by atoms with Crippen molar-refractivity contribution in [3.8, 4) is 0 Å². The van der Waals surface area contributed by atoms with Gasteiger partial charge < -0.3 is 15.2 Å².